The van der Waals surface area contributed by atoms with E-state index >= 15 is 0 Å². The molecule has 0 unspecified atom stereocenters. The lowest BCUT2D eigenvalue weighted by molar-refractivity contribution is 1.67. The van der Waals surface area contributed by atoms with E-state index in [1.165, 1.54) is 74.1 Å². The third kappa shape index (κ3) is 2.86. The number of fused-ring (bicyclic) bond motifs is 6. The average molecular weight is 493 g/mol. The number of hydrogen-bond donors (Lipinski definition) is 0. The predicted molar refractivity (Wildman–Crippen MR) is 161 cm³/mol. The van der Waals surface area contributed by atoms with Gasteiger partial charge in [0, 0.05) is 24.9 Å². The summed E-state index contributed by atoms with van der Waals surface area (Å²) in [5.74, 6) is 0. The number of thiophene rings is 2. The first kappa shape index (κ1) is 20.2. The molecule has 0 saturated heterocycles. The molecule has 0 amide bonds. The standard InChI is InChI=1S/C34H20S2/c1-2-9-21(10-3-1)32-23-11-4-6-13-25(23)33(26-14-7-5-12-24(26)32)27-15-8-16-29-34(27)28-20-30-22(17-18-35-30)19-31(28)36-29/h1-20H. The third-order valence-electron chi connectivity index (χ3n) is 7.33. The van der Waals surface area contributed by atoms with Crippen LogP contribution in [0.15, 0.2) is 121 Å². The van der Waals surface area contributed by atoms with Crippen molar-refractivity contribution in [1.29, 1.82) is 0 Å². The van der Waals surface area contributed by atoms with Gasteiger partial charge in [0.1, 0.15) is 0 Å². The zero-order chi connectivity index (χ0) is 23.6. The van der Waals surface area contributed by atoms with E-state index in [0.29, 0.717) is 0 Å². The largest absolute Gasteiger partial charge is 0.144 e. The molecule has 0 atom stereocenters. The molecule has 2 heteroatoms. The van der Waals surface area contributed by atoms with Gasteiger partial charge in [0.2, 0.25) is 0 Å². The molecule has 0 N–H and O–H groups in total. The molecule has 0 fully saturated rings. The van der Waals surface area contributed by atoms with Gasteiger partial charge in [-0.3, -0.25) is 0 Å². The maximum Gasteiger partial charge on any atom is 0.0362 e. The fourth-order valence-electron chi connectivity index (χ4n) is 5.82. The van der Waals surface area contributed by atoms with Crippen LogP contribution in [0, 0.1) is 0 Å². The molecular formula is C34H20S2. The highest BCUT2D eigenvalue weighted by molar-refractivity contribution is 7.26. The molecular weight excluding hydrogens is 473 g/mol. The maximum absolute atomic E-state index is 2.40. The summed E-state index contributed by atoms with van der Waals surface area (Å²) < 4.78 is 4.06. The predicted octanol–water partition coefficient (Wildman–Crippen LogP) is 10.9. The monoisotopic (exact) mass is 492 g/mol. The van der Waals surface area contributed by atoms with Crippen molar-refractivity contribution in [2.24, 2.45) is 0 Å². The Balaban J connectivity index is 1.58. The molecule has 0 nitrogen and oxygen atoms in total. The van der Waals surface area contributed by atoms with Gasteiger partial charge in [0.05, 0.1) is 0 Å². The summed E-state index contributed by atoms with van der Waals surface area (Å²) in [4.78, 5) is 0. The van der Waals surface area contributed by atoms with Gasteiger partial charge < -0.3 is 0 Å². The molecule has 8 rings (SSSR count). The topological polar surface area (TPSA) is 0 Å². The summed E-state index contributed by atoms with van der Waals surface area (Å²) in [6.07, 6.45) is 0. The van der Waals surface area contributed by atoms with Crippen molar-refractivity contribution in [2.45, 2.75) is 0 Å². The van der Waals surface area contributed by atoms with E-state index in [2.05, 4.69) is 121 Å². The summed E-state index contributed by atoms with van der Waals surface area (Å²) in [5, 5.41) is 11.5. The van der Waals surface area contributed by atoms with Gasteiger partial charge in [-0.05, 0) is 78.8 Å². The van der Waals surface area contributed by atoms with Gasteiger partial charge in [-0.15, -0.1) is 22.7 Å². The van der Waals surface area contributed by atoms with Gasteiger partial charge in [-0.2, -0.15) is 0 Å². The van der Waals surface area contributed by atoms with Crippen molar-refractivity contribution >= 4 is 74.5 Å². The van der Waals surface area contributed by atoms with Crippen molar-refractivity contribution < 1.29 is 0 Å². The molecule has 0 spiro atoms. The Bertz CT molecular complexity index is 2030. The first-order valence-electron chi connectivity index (χ1n) is 12.2. The smallest absolute Gasteiger partial charge is 0.0362 e. The zero-order valence-electron chi connectivity index (χ0n) is 19.4. The van der Waals surface area contributed by atoms with Gasteiger partial charge in [0.15, 0.2) is 0 Å². The van der Waals surface area contributed by atoms with Crippen LogP contribution in [0.25, 0.3) is 74.1 Å². The number of hydrogen-bond acceptors (Lipinski definition) is 2. The molecule has 0 saturated carbocycles. The fourth-order valence-corrected chi connectivity index (χ4v) is 7.80. The van der Waals surface area contributed by atoms with Crippen LogP contribution in [0.4, 0.5) is 0 Å². The van der Waals surface area contributed by atoms with E-state index in [0.717, 1.165) is 0 Å². The first-order chi connectivity index (χ1) is 17.9. The lowest BCUT2D eigenvalue weighted by Gasteiger charge is -2.18. The van der Waals surface area contributed by atoms with Crippen LogP contribution in [0.1, 0.15) is 0 Å². The molecule has 0 radical (unpaired) electrons. The van der Waals surface area contributed by atoms with Crippen LogP contribution in [0.3, 0.4) is 0 Å². The summed E-state index contributed by atoms with van der Waals surface area (Å²) in [5.41, 5.74) is 5.23. The van der Waals surface area contributed by atoms with E-state index in [1.54, 1.807) is 0 Å². The summed E-state index contributed by atoms with van der Waals surface area (Å²) in [7, 11) is 0. The number of benzene rings is 6. The minimum absolute atomic E-state index is 1.26. The first-order valence-corrected chi connectivity index (χ1v) is 13.9. The highest BCUT2D eigenvalue weighted by Crippen LogP contribution is 2.48. The van der Waals surface area contributed by atoms with Crippen molar-refractivity contribution in [1.82, 2.24) is 0 Å². The summed E-state index contributed by atoms with van der Waals surface area (Å²) >= 11 is 3.73. The van der Waals surface area contributed by atoms with Crippen molar-refractivity contribution in [3.8, 4) is 22.3 Å². The molecule has 0 aliphatic heterocycles. The molecule has 0 aliphatic rings. The Hall–Kier alpha value is -3.98. The van der Waals surface area contributed by atoms with Crippen molar-refractivity contribution in [2.75, 3.05) is 0 Å². The van der Waals surface area contributed by atoms with Crippen molar-refractivity contribution in [3.05, 3.63) is 121 Å². The average Bonchev–Trinajstić information content (AvgIpc) is 3.54. The van der Waals surface area contributed by atoms with Crippen LogP contribution >= 0.6 is 22.7 Å². The molecule has 2 heterocycles. The van der Waals surface area contributed by atoms with E-state index in [9.17, 15) is 0 Å². The maximum atomic E-state index is 2.40. The van der Waals surface area contributed by atoms with Crippen LogP contribution in [0.2, 0.25) is 0 Å². The van der Waals surface area contributed by atoms with Crippen LogP contribution < -0.4 is 0 Å². The SMILES string of the molecule is c1ccc(-c2c3ccccc3c(-c3cccc4sc5cc6ccsc6cc5c34)c3ccccc23)cc1. The molecule has 0 bridgehead atoms. The Morgan fingerprint density at radius 3 is 1.83 bits per heavy atom. The second-order valence-corrected chi connectivity index (χ2v) is 11.3. The minimum atomic E-state index is 1.26. The van der Waals surface area contributed by atoms with Crippen molar-refractivity contribution in [3.63, 3.8) is 0 Å². The molecule has 6 aromatic carbocycles. The van der Waals surface area contributed by atoms with Gasteiger partial charge in [0.25, 0.3) is 0 Å². The molecule has 2 aromatic heterocycles. The van der Waals surface area contributed by atoms with Crippen LogP contribution in [-0.2, 0) is 0 Å². The second kappa shape index (κ2) is 7.76. The Kier molecular flexibility index (Phi) is 4.36. The Morgan fingerprint density at radius 1 is 0.444 bits per heavy atom. The number of rotatable bonds is 2. The zero-order valence-corrected chi connectivity index (χ0v) is 21.0. The normalized spacial score (nSPS) is 11.9. The highest BCUT2D eigenvalue weighted by Gasteiger charge is 2.19. The molecule has 168 valence electrons. The van der Waals surface area contributed by atoms with Gasteiger partial charge in [-0.1, -0.05) is 91.0 Å². The third-order valence-corrected chi connectivity index (χ3v) is 9.33. The Morgan fingerprint density at radius 2 is 1.11 bits per heavy atom. The lowest BCUT2D eigenvalue weighted by Crippen LogP contribution is -1.91. The minimum Gasteiger partial charge on any atom is -0.144 e. The summed E-state index contributed by atoms with van der Waals surface area (Å²) in [6.45, 7) is 0. The molecule has 0 aliphatic carbocycles. The van der Waals surface area contributed by atoms with E-state index in [-0.39, 0.29) is 0 Å². The Labute approximate surface area is 216 Å². The second-order valence-electron chi connectivity index (χ2n) is 9.29. The van der Waals surface area contributed by atoms with E-state index < -0.39 is 0 Å². The van der Waals surface area contributed by atoms with Crippen LogP contribution in [-0.4, -0.2) is 0 Å². The quantitative estimate of drug-likeness (QED) is 0.211. The molecule has 8 aromatic rings. The fraction of sp³-hybridized carbons (Fsp3) is 0. The van der Waals surface area contributed by atoms with Gasteiger partial charge >= 0.3 is 0 Å². The van der Waals surface area contributed by atoms with Crippen LogP contribution in [0.5, 0.6) is 0 Å². The van der Waals surface area contributed by atoms with E-state index in [4.69, 9.17) is 0 Å². The molecule has 36 heavy (non-hydrogen) atoms. The summed E-state index contributed by atoms with van der Waals surface area (Å²) in [6, 6.07) is 42.5. The van der Waals surface area contributed by atoms with E-state index in [1.807, 2.05) is 22.7 Å². The lowest BCUT2D eigenvalue weighted by atomic mass is 9.85. The highest BCUT2D eigenvalue weighted by atomic mass is 32.1. The van der Waals surface area contributed by atoms with Gasteiger partial charge in [-0.25, -0.2) is 0 Å².